The lowest BCUT2D eigenvalue weighted by atomic mass is 9.97. The number of aromatic hydroxyl groups is 1. The molecule has 11 rings (SSSR count). The monoisotopic (exact) mass is 1350 g/mol. The number of aromatic nitrogens is 7. The molecule has 9 aromatic rings. The fourth-order valence-electron chi connectivity index (χ4n) is 9.44. The minimum absolute atomic E-state index is 0.00668. The van der Waals surface area contributed by atoms with Gasteiger partial charge >= 0.3 is 5.97 Å². The van der Waals surface area contributed by atoms with Gasteiger partial charge in [-0.25, -0.2) is 39.7 Å². The number of nitrogens with one attached hydrogen (secondary N) is 6. The molecule has 7 atom stereocenters. The van der Waals surface area contributed by atoms with E-state index in [2.05, 4.69) is 64.7 Å². The Balaban J connectivity index is 0.979. The van der Waals surface area contributed by atoms with Gasteiger partial charge in [0.2, 0.25) is 11.8 Å². The van der Waals surface area contributed by atoms with E-state index in [1.165, 1.54) is 50.9 Å². The van der Waals surface area contributed by atoms with Gasteiger partial charge in [0, 0.05) is 49.7 Å². The normalized spacial score (nSPS) is 18.2. The van der Waals surface area contributed by atoms with Gasteiger partial charge in [-0.1, -0.05) is 62.5 Å². The van der Waals surface area contributed by atoms with Crippen LogP contribution in [0.25, 0.3) is 43.4 Å². The Kier molecular flexibility index (Phi) is 19.0. The number of hydrogen-bond acceptors (Lipinski definition) is 25. The van der Waals surface area contributed by atoms with Crippen LogP contribution in [0, 0.1) is 12.8 Å². The number of fused-ring (bicyclic) bond motifs is 14. The number of primary amides is 1. The fraction of sp³-hybridized carbons (Fsp3) is 0.217. The number of epoxide rings is 1. The molecule has 2 aliphatic heterocycles. The van der Waals surface area contributed by atoms with Gasteiger partial charge in [-0.15, -0.1) is 68.0 Å². The molecule has 0 aliphatic carbocycles. The highest BCUT2D eigenvalue weighted by molar-refractivity contribution is 7.15. The molecule has 2 aromatic carbocycles. The van der Waals surface area contributed by atoms with Gasteiger partial charge in [0.15, 0.2) is 0 Å². The molecule has 0 radical (unpaired) electrons. The van der Waals surface area contributed by atoms with Crippen molar-refractivity contribution in [2.75, 3.05) is 13.7 Å². The lowest BCUT2D eigenvalue weighted by molar-refractivity contribution is -0.137. The topological polar surface area (TPSA) is 387 Å². The summed E-state index contributed by atoms with van der Waals surface area (Å²) >= 11 is 6.69. The van der Waals surface area contributed by atoms with Crippen molar-refractivity contribution < 1.29 is 58.0 Å². The number of carbonyl (C=O) groups is 8. The van der Waals surface area contributed by atoms with Crippen LogP contribution in [0.3, 0.4) is 0 Å². The van der Waals surface area contributed by atoms with Crippen molar-refractivity contribution in [2.45, 2.75) is 63.1 Å². The van der Waals surface area contributed by atoms with Gasteiger partial charge in [-0.3, -0.25) is 33.6 Å². The second-order valence-corrected chi connectivity index (χ2v) is 26.4. The number of methoxy groups -OCH3 is 1. The van der Waals surface area contributed by atoms with Crippen LogP contribution in [0.15, 0.2) is 118 Å². The molecule has 470 valence electrons. The Hall–Kier alpha value is -9.67. The molecule has 2 aliphatic rings. The Morgan fingerprint density at radius 1 is 0.674 bits per heavy atom. The number of carbonyl (C=O) groups excluding carboxylic acids is 8. The molecule has 32 heteroatoms. The third-order valence-corrected chi connectivity index (χ3v) is 19.9. The highest BCUT2D eigenvalue weighted by Gasteiger charge is 2.40. The average molecular weight is 1350 g/mol. The standard InChI is InChI=1S/C60H52N14O12S6/c1-25(41-19-86-41)43-58-71-40(24-91-58)56-67-36(20-88-56)45-32(15-16-33(64-45)55-69-37(22-89-55)50(80)62-26(2)48(78)63-27(3)60(84)85-5)54-68-38(21-87-54)52(82)66-35(18-42(61)76)57-74-44(28(4)92-57)53(83)73-46(47(77)30-9-7-6-8-10-30)59-70-39(23-90-59)51(81)65-34(49(79)72-43)17-29-11-13-31(75)14-12-29/h6-16,20-25,34-35,41,43,46-47,75,77H,2-3,17-19H2,1,4-5H3,(H2,61,76)(H,62,80)(H,63,78)(H,65,81)(H,66,82)(H,72,79)(H,73,83)/t25-,34-,35-,41+,43-,46-,47+/m0/s1. The predicted octanol–water partition coefficient (Wildman–Crippen LogP) is 6.65. The van der Waals surface area contributed by atoms with Crippen LogP contribution in [0.2, 0.25) is 0 Å². The molecular weight excluding hydrogens is 1300 g/mol. The van der Waals surface area contributed by atoms with Crippen LogP contribution in [-0.2, 0) is 35.1 Å². The first-order valence-electron chi connectivity index (χ1n) is 27.7. The Bertz CT molecular complexity index is 4380. The lowest BCUT2D eigenvalue weighted by Gasteiger charge is -2.26. The van der Waals surface area contributed by atoms with Crippen molar-refractivity contribution in [2.24, 2.45) is 11.7 Å². The van der Waals surface area contributed by atoms with Crippen LogP contribution in [0.1, 0.15) is 111 Å². The number of nitrogens with two attached hydrogens (primary N) is 1. The van der Waals surface area contributed by atoms with Crippen LogP contribution in [0.5, 0.6) is 5.75 Å². The van der Waals surface area contributed by atoms with Crippen molar-refractivity contribution in [1.29, 1.82) is 0 Å². The summed E-state index contributed by atoms with van der Waals surface area (Å²) in [5.74, 6) is -6.56. The highest BCUT2D eigenvalue weighted by atomic mass is 32.1. The van der Waals surface area contributed by atoms with Crippen molar-refractivity contribution in [3.63, 3.8) is 0 Å². The zero-order valence-electron chi connectivity index (χ0n) is 48.4. The van der Waals surface area contributed by atoms with E-state index >= 15 is 0 Å². The maximum atomic E-state index is 14.9. The first-order chi connectivity index (χ1) is 44.2. The molecule has 9 heterocycles. The minimum Gasteiger partial charge on any atom is -0.508 e. The van der Waals surface area contributed by atoms with Crippen molar-refractivity contribution in [3.8, 4) is 49.1 Å². The molecule has 1 saturated heterocycles. The number of nitrogens with zero attached hydrogens (tertiary/aromatic N) is 7. The quantitative estimate of drug-likeness (QED) is 0.0312. The second kappa shape index (κ2) is 27.4. The molecule has 7 amide bonds. The molecule has 7 aromatic heterocycles. The van der Waals surface area contributed by atoms with E-state index in [-0.39, 0.29) is 79.1 Å². The lowest BCUT2D eigenvalue weighted by Crippen LogP contribution is -2.50. The first kappa shape index (κ1) is 63.9. The molecule has 0 saturated carbocycles. The minimum atomic E-state index is -1.42. The fourth-order valence-corrected chi connectivity index (χ4v) is 14.7. The average Bonchev–Trinajstić information content (AvgIpc) is 1.61. The van der Waals surface area contributed by atoms with Crippen LogP contribution < -0.4 is 37.6 Å². The summed E-state index contributed by atoms with van der Waals surface area (Å²) in [5, 5.41) is 48.2. The first-order valence-corrected chi connectivity index (χ1v) is 32.9. The number of benzene rings is 2. The number of aliphatic hydroxyl groups is 1. The summed E-state index contributed by atoms with van der Waals surface area (Å²) < 4.78 is 10.3. The Labute approximate surface area is 546 Å². The number of phenols is 1. The number of hydrogen-bond donors (Lipinski definition) is 9. The number of ether oxygens (including phenoxy) is 2. The molecule has 0 unspecified atom stereocenters. The number of aliphatic hydroxyl groups excluding tert-OH is 1. The van der Waals surface area contributed by atoms with Gasteiger partial charge in [0.25, 0.3) is 29.5 Å². The van der Waals surface area contributed by atoms with E-state index in [1.807, 2.05) is 6.92 Å². The van der Waals surface area contributed by atoms with Gasteiger partial charge < -0.3 is 57.3 Å². The largest absolute Gasteiger partial charge is 0.508 e. The van der Waals surface area contributed by atoms with Crippen LogP contribution in [-0.4, -0.2) is 118 Å². The summed E-state index contributed by atoms with van der Waals surface area (Å²) in [5.41, 5.74) is 7.35. The Morgan fingerprint density at radius 3 is 2.02 bits per heavy atom. The summed E-state index contributed by atoms with van der Waals surface area (Å²) in [4.78, 5) is 143. The van der Waals surface area contributed by atoms with E-state index < -0.39 is 89.7 Å². The molecule has 26 nitrogen and oxygen atoms in total. The van der Waals surface area contributed by atoms with E-state index in [1.54, 1.807) is 72.3 Å². The van der Waals surface area contributed by atoms with Gasteiger partial charge in [0.05, 0.1) is 49.7 Å². The number of aryl methyl sites for hydroxylation is 1. The van der Waals surface area contributed by atoms with Gasteiger partial charge in [-0.2, -0.15) is 0 Å². The summed E-state index contributed by atoms with van der Waals surface area (Å²) in [6, 6.07) is 13.6. The number of thiazole rings is 6. The van der Waals surface area contributed by atoms with Crippen LogP contribution >= 0.6 is 68.0 Å². The number of phenolic OH excluding ortho intramolecular Hbond substituents is 1. The van der Waals surface area contributed by atoms with E-state index in [0.29, 0.717) is 54.6 Å². The number of amides is 7. The molecule has 92 heavy (non-hydrogen) atoms. The third-order valence-electron chi connectivity index (χ3n) is 14.4. The third kappa shape index (κ3) is 14.4. The zero-order valence-corrected chi connectivity index (χ0v) is 53.3. The maximum absolute atomic E-state index is 14.9. The summed E-state index contributed by atoms with van der Waals surface area (Å²) in [6.07, 6.45) is -2.12. The number of pyridine rings is 1. The molecule has 1 fully saturated rings. The van der Waals surface area contributed by atoms with E-state index in [0.717, 1.165) is 52.5 Å². The van der Waals surface area contributed by atoms with Crippen molar-refractivity contribution in [1.82, 2.24) is 66.8 Å². The molecular formula is C60H52N14O12S6. The smallest absolute Gasteiger partial charge is 0.353 e. The molecule has 10 N–H and O–H groups in total. The van der Waals surface area contributed by atoms with Gasteiger partial charge in [-0.05, 0) is 42.3 Å². The summed E-state index contributed by atoms with van der Waals surface area (Å²) in [7, 11) is 1.11. The SMILES string of the molecule is C=C(NC(=O)c1csc(-c2ccc3c(n2)-c2csc(n2)-c2csc(n2)[C@H]([C@@H](C)[C@H]2CO2)NC(=O)[C@H](Cc2ccc(O)cc2)NC(=O)c2csc(n2)[C@H]([C@H](O)c2ccccc2)NC(=O)c2nc(sc2C)[C@H](CC(N)=O)NC(=O)c2csc-3n2)n1)C(=O)NC(=C)C(=O)OC. The molecule has 0 spiro atoms. The second-order valence-electron chi connectivity index (χ2n) is 20.8. The Morgan fingerprint density at radius 2 is 1.30 bits per heavy atom. The zero-order chi connectivity index (χ0) is 65.1. The molecule has 10 bridgehead atoms. The van der Waals surface area contributed by atoms with Crippen molar-refractivity contribution in [3.05, 3.63) is 172 Å². The van der Waals surface area contributed by atoms with Crippen molar-refractivity contribution >= 4 is 115 Å². The number of esters is 1. The van der Waals surface area contributed by atoms with E-state index in [4.69, 9.17) is 30.4 Å². The number of rotatable bonds is 14. The maximum Gasteiger partial charge on any atom is 0.353 e. The summed E-state index contributed by atoms with van der Waals surface area (Å²) in [6.45, 7) is 11.0. The van der Waals surface area contributed by atoms with Gasteiger partial charge in [0.1, 0.15) is 99.5 Å². The highest BCUT2D eigenvalue weighted by Crippen LogP contribution is 2.41. The van der Waals surface area contributed by atoms with E-state index in [9.17, 15) is 48.6 Å². The van der Waals surface area contributed by atoms with Crippen LogP contribution in [0.4, 0.5) is 0 Å². The predicted molar refractivity (Wildman–Crippen MR) is 342 cm³/mol.